The van der Waals surface area contributed by atoms with Crippen LogP contribution in [0, 0.1) is 0 Å². The van der Waals surface area contributed by atoms with Gasteiger partial charge in [-0.15, -0.1) is 4.33 Å². The number of allylic oxidation sites excluding steroid dienone is 6. The average Bonchev–Trinajstić information content (AvgIpc) is 1.60. The van der Waals surface area contributed by atoms with E-state index in [4.69, 9.17) is 32.8 Å². The number of methoxy groups -OCH3 is 1. The lowest BCUT2D eigenvalue weighted by Gasteiger charge is -2.27. The molecule has 4 atom stereocenters. The summed E-state index contributed by atoms with van der Waals surface area (Å²) in [6.07, 6.45) is 4.73. The highest BCUT2D eigenvalue weighted by Gasteiger charge is 2.47. The number of unbranched alkanes of at least 4 members (excludes halogenated alkanes) is 9. The van der Waals surface area contributed by atoms with E-state index in [-0.39, 0.29) is 102 Å². The molecule has 0 bridgehead atoms. The lowest BCUT2D eigenvalue weighted by molar-refractivity contribution is -0.438. The molecule has 2 heterocycles. The molecule has 0 spiro atoms. The zero-order valence-electron chi connectivity index (χ0n) is 55.0. The predicted octanol–water partition coefficient (Wildman–Crippen LogP) is 13.3. The van der Waals surface area contributed by atoms with E-state index in [0.717, 1.165) is 59.5 Å². The average molecular weight is 1500 g/mol. The minimum absolute atomic E-state index is 0.0487. The summed E-state index contributed by atoms with van der Waals surface area (Å²) in [6.45, 7) is 8.20. The minimum atomic E-state index is -5.07. The van der Waals surface area contributed by atoms with Crippen molar-refractivity contribution in [1.29, 1.82) is 0 Å². The second-order valence-electron chi connectivity index (χ2n) is 23.5. The number of amides is 2. The molecule has 0 fully saturated rings. The molecular formula is C61H90F7N4O19P4S2+. The first-order chi connectivity index (χ1) is 45.7. The molecule has 0 aromatic heterocycles. The number of carbonyl (C=O) groups is 4. The molecule has 0 radical (unpaired) electrons. The number of esters is 1. The van der Waals surface area contributed by atoms with Gasteiger partial charge < -0.3 is 47.6 Å². The third-order valence-electron chi connectivity index (χ3n) is 15.4. The molecule has 2 aromatic rings. The second kappa shape index (κ2) is 41.6. The Hall–Kier alpha value is -4.22. The number of carbonyl (C=O) groups excluding carboxylic acids is 4. The summed E-state index contributed by atoms with van der Waals surface area (Å²) in [5.74, 6) is -5.78. The van der Waals surface area contributed by atoms with E-state index in [1.165, 1.54) is 0 Å². The number of anilines is 1. The van der Waals surface area contributed by atoms with E-state index in [1.54, 1.807) is 63.8 Å². The fourth-order valence-electron chi connectivity index (χ4n) is 10.4. The molecule has 4 unspecified atom stereocenters. The van der Waals surface area contributed by atoms with Gasteiger partial charge in [-0.3, -0.25) is 32.9 Å². The number of alkyl halides is 6. The Morgan fingerprint density at radius 3 is 1.72 bits per heavy atom. The third kappa shape index (κ3) is 29.0. The Morgan fingerprint density at radius 1 is 0.680 bits per heavy atom. The molecule has 2 aliphatic rings. The summed E-state index contributed by atoms with van der Waals surface area (Å²) in [7, 11) is -11.7. The quantitative estimate of drug-likeness (QED) is 0.00457. The van der Waals surface area contributed by atoms with Crippen molar-refractivity contribution in [1.82, 2.24) is 10.6 Å². The van der Waals surface area contributed by atoms with Crippen molar-refractivity contribution in [2.75, 3.05) is 89.3 Å². The Bertz CT molecular complexity index is 3230. The van der Waals surface area contributed by atoms with Crippen LogP contribution in [0.3, 0.4) is 0 Å². The summed E-state index contributed by atoms with van der Waals surface area (Å²) < 4.78 is 198. The highest BCUT2D eigenvalue weighted by atomic mass is 32.2. The van der Waals surface area contributed by atoms with Crippen LogP contribution < -0.4 is 26.1 Å². The largest absolute Gasteiger partial charge is 0.471 e. The molecule has 97 heavy (non-hydrogen) atoms. The number of ether oxygens (including phenoxy) is 2. The van der Waals surface area contributed by atoms with Crippen molar-refractivity contribution in [3.63, 3.8) is 0 Å². The molecule has 2 aromatic carbocycles. The van der Waals surface area contributed by atoms with Crippen LogP contribution >= 0.6 is 44.3 Å². The summed E-state index contributed by atoms with van der Waals surface area (Å²) in [6, 6.07) is 10.2. The van der Waals surface area contributed by atoms with Crippen LogP contribution in [-0.2, 0) is 90.7 Å². The Balaban J connectivity index is 1.65. The normalized spacial score (nSPS) is 16.6. The smallest absolute Gasteiger partial charge is 0.466 e. The van der Waals surface area contributed by atoms with Gasteiger partial charge in [0.15, 0.2) is 5.71 Å². The van der Waals surface area contributed by atoms with E-state index < -0.39 is 86.1 Å². The first kappa shape index (κ1) is 85.2. The standard InChI is InChI=1S/C61H89F7N4O19P4S2/c1-58(2)48-44-46(94(78,85-38-18-8-6-16-36-83-5)87-40-20-13-32-69-56(75)60(62,63)64)26-28-50(48)71(34-15-22-43-97(80,81)82)52(58)24-11-10-12-25-53-59(3,4)49-45-47(27-29-51(49)72(53)35-23-42-96-91-90-77)95(79,88-41-21-14-33-70-57(76)61(65,66)67)86-39-19-9-7-17-37-84-54(73)30-31-55(74)89-93(68)92/h10-12,24-29,44-45H,6-9,13-23,30-43,92H2,1-5H3,(H3-,69,70,75,76,77,80,81,82)/p+1. The number of nitrogens with zero attached hydrogens (tertiary/aromatic N) is 2. The van der Waals surface area contributed by atoms with Gasteiger partial charge in [0.05, 0.1) is 67.7 Å². The van der Waals surface area contributed by atoms with Gasteiger partial charge in [-0.2, -0.15) is 43.5 Å². The van der Waals surface area contributed by atoms with Crippen LogP contribution in [0.1, 0.15) is 148 Å². The number of halogens is 7. The molecule has 4 N–H and O–H groups in total. The summed E-state index contributed by atoms with van der Waals surface area (Å²) in [5.41, 5.74) is 2.85. The Morgan fingerprint density at radius 2 is 1.20 bits per heavy atom. The van der Waals surface area contributed by atoms with Gasteiger partial charge in [-0.1, -0.05) is 56.4 Å². The van der Waals surface area contributed by atoms with Crippen molar-refractivity contribution < 1.29 is 123 Å². The Kier molecular flexibility index (Phi) is 36.6. The van der Waals surface area contributed by atoms with Crippen LogP contribution in [0.5, 0.6) is 0 Å². The molecular weight excluding hydrogens is 1410 g/mol. The van der Waals surface area contributed by atoms with E-state index in [9.17, 15) is 71.8 Å². The molecule has 0 saturated heterocycles. The summed E-state index contributed by atoms with van der Waals surface area (Å²) in [5, 5.41) is 16.6. The maximum atomic E-state index is 15.0. The number of hydrogen-bond acceptors (Lipinski definition) is 20. The van der Waals surface area contributed by atoms with Gasteiger partial charge >= 0.3 is 51.3 Å². The number of nitrogens with one attached hydrogen (secondary N) is 2. The van der Waals surface area contributed by atoms with Crippen LogP contribution in [0.2, 0.25) is 0 Å². The molecule has 23 nitrogen and oxygen atoms in total. The lowest BCUT2D eigenvalue weighted by Crippen LogP contribution is -2.37. The highest BCUT2D eigenvalue weighted by Crippen LogP contribution is 2.54. The zero-order valence-corrected chi connectivity index (χ0v) is 60.4. The van der Waals surface area contributed by atoms with Gasteiger partial charge in [-0.25, -0.2) is 5.26 Å². The van der Waals surface area contributed by atoms with Crippen LogP contribution in [-0.4, -0.2) is 149 Å². The lowest BCUT2D eigenvalue weighted by atomic mass is 9.81. The molecule has 548 valence electrons. The van der Waals surface area contributed by atoms with Gasteiger partial charge in [0, 0.05) is 92.1 Å². The van der Waals surface area contributed by atoms with E-state index in [1.807, 2.05) is 62.2 Å². The van der Waals surface area contributed by atoms with Crippen molar-refractivity contribution in [3.8, 4) is 0 Å². The molecule has 36 heteroatoms. The molecule has 2 amide bonds. The Labute approximate surface area is 570 Å². The molecule has 0 aliphatic carbocycles. The highest BCUT2D eigenvalue weighted by molar-refractivity contribution is 8.08. The number of benzene rings is 2. The first-order valence-electron chi connectivity index (χ1n) is 31.6. The van der Waals surface area contributed by atoms with Gasteiger partial charge in [0.1, 0.15) is 6.54 Å². The first-order valence-corrected chi connectivity index (χ1v) is 40.0. The van der Waals surface area contributed by atoms with Gasteiger partial charge in [0.25, 0.3) is 18.3 Å². The fraction of sp³-hybridized carbons (Fsp3) is 0.623. The van der Waals surface area contributed by atoms with E-state index in [2.05, 4.69) is 18.5 Å². The van der Waals surface area contributed by atoms with E-state index in [0.29, 0.717) is 76.1 Å². The van der Waals surface area contributed by atoms with Crippen molar-refractivity contribution >= 4 is 106 Å². The van der Waals surface area contributed by atoms with Crippen molar-refractivity contribution in [2.24, 2.45) is 0 Å². The SMILES string of the molecule is COCCCCCCOP(=O)(OCCCCNC(=O)C(F)(F)F)c1ccc2c(c1)C(C)(C)/C(=C/C=C/C=C/C1=[N+](CCCSOOO)c3ccc(P(=O)(OCCCCCCOC(=O)CCC(=O)OP(F)P)OCCCCNC(=O)C(F)(F)F)cc3C1(C)C)N2CCCCS(=O)(=O)O. The van der Waals surface area contributed by atoms with Crippen LogP contribution in [0.25, 0.3) is 0 Å². The van der Waals surface area contributed by atoms with Crippen LogP contribution in [0.4, 0.5) is 41.9 Å². The maximum Gasteiger partial charge on any atom is 0.471 e. The maximum absolute atomic E-state index is 15.0. The molecule has 0 saturated carbocycles. The van der Waals surface area contributed by atoms with E-state index >= 15 is 0 Å². The van der Waals surface area contributed by atoms with Crippen molar-refractivity contribution in [2.45, 2.75) is 160 Å². The molecule has 4 rings (SSSR count). The summed E-state index contributed by atoms with van der Waals surface area (Å²) in [4.78, 5) is 48.4. The zero-order chi connectivity index (χ0) is 71.9. The number of hydrogen-bond donors (Lipinski definition) is 4. The van der Waals surface area contributed by atoms with Crippen LogP contribution in [0.15, 0.2) is 72.5 Å². The van der Waals surface area contributed by atoms with Gasteiger partial charge in [0.2, 0.25) is 5.69 Å². The molecule has 2 aliphatic heterocycles. The number of rotatable bonds is 48. The third-order valence-corrected chi connectivity index (χ3v) is 21.4. The summed E-state index contributed by atoms with van der Waals surface area (Å²) >= 11 is 0.876. The topological polar surface area (TPSA) is 290 Å². The van der Waals surface area contributed by atoms with Gasteiger partial charge in [-0.05, 0) is 135 Å². The number of fused-ring (bicyclic) bond motifs is 2. The predicted molar refractivity (Wildman–Crippen MR) is 358 cm³/mol. The fourth-order valence-corrected chi connectivity index (χ4v) is 15.3. The second-order valence-corrected chi connectivity index (χ2v) is 31.8. The van der Waals surface area contributed by atoms with Crippen molar-refractivity contribution in [3.05, 3.63) is 83.6 Å². The minimum Gasteiger partial charge on any atom is -0.466 e. The monoisotopic (exact) mass is 1500 g/mol.